The summed E-state index contributed by atoms with van der Waals surface area (Å²) in [6.07, 6.45) is 4.03. The van der Waals surface area contributed by atoms with Crippen LogP contribution in [0.3, 0.4) is 0 Å². The third-order valence-corrected chi connectivity index (χ3v) is 4.93. The maximum Gasteiger partial charge on any atom is 0.248 e. The van der Waals surface area contributed by atoms with Crippen LogP contribution < -0.4 is 10.2 Å². The first-order chi connectivity index (χ1) is 13.9. The monoisotopic (exact) mass is 397 g/mol. The predicted octanol–water partition coefficient (Wildman–Crippen LogP) is 4.78. The van der Waals surface area contributed by atoms with Gasteiger partial charge < -0.3 is 9.72 Å². The largest absolute Gasteiger partial charge is 0.497 e. The highest BCUT2D eigenvalue weighted by Crippen LogP contribution is 2.41. The lowest BCUT2D eigenvalue weighted by Gasteiger charge is -2.28. The van der Waals surface area contributed by atoms with Crippen LogP contribution in [0.15, 0.2) is 53.6 Å². The van der Waals surface area contributed by atoms with Crippen LogP contribution >= 0.6 is 0 Å². The van der Waals surface area contributed by atoms with Crippen molar-refractivity contribution in [3.63, 3.8) is 0 Å². The standard InChI is InChI=1S/C14H14F2N2O.C8H7NO/c15-14(16)4-1-2-9(7-14)12-6-13(19)10-8-17-5-3-11(10)18-12;1-10-8-4-2-3-7(5-8)6-9/h3,5-6,8-9H,1-2,4,7H2,(H,18,19);2-5H,1H3. The molecule has 1 unspecified atom stereocenters. The predicted molar refractivity (Wildman–Crippen MR) is 106 cm³/mol. The number of ether oxygens (including phenoxy) is 1. The molecule has 0 amide bonds. The lowest BCUT2D eigenvalue weighted by atomic mass is 9.84. The number of hydrogen-bond acceptors (Lipinski definition) is 4. The molecule has 7 heteroatoms. The number of benzene rings is 1. The number of hydrogen-bond donors (Lipinski definition) is 1. The number of H-pyrrole nitrogens is 1. The summed E-state index contributed by atoms with van der Waals surface area (Å²) in [5.74, 6) is -2.17. The van der Waals surface area contributed by atoms with Crippen LogP contribution in [-0.2, 0) is 0 Å². The first-order valence-electron chi connectivity index (χ1n) is 9.31. The van der Waals surface area contributed by atoms with Crippen LogP contribution in [0.1, 0.15) is 42.9 Å². The van der Waals surface area contributed by atoms with E-state index in [-0.39, 0.29) is 24.2 Å². The number of methoxy groups -OCH3 is 1. The second-order valence-electron chi connectivity index (χ2n) is 7.00. The number of fused-ring (bicyclic) bond motifs is 1. The molecule has 1 saturated carbocycles. The van der Waals surface area contributed by atoms with E-state index in [0.717, 1.165) is 5.75 Å². The van der Waals surface area contributed by atoms with Crippen molar-refractivity contribution in [1.29, 1.82) is 5.26 Å². The van der Waals surface area contributed by atoms with E-state index in [0.29, 0.717) is 35.0 Å². The van der Waals surface area contributed by atoms with E-state index in [2.05, 4.69) is 9.97 Å². The number of alkyl halides is 2. The molecule has 0 saturated heterocycles. The summed E-state index contributed by atoms with van der Waals surface area (Å²) in [7, 11) is 1.58. The van der Waals surface area contributed by atoms with Gasteiger partial charge in [-0.15, -0.1) is 0 Å². The molecule has 0 aliphatic heterocycles. The molecule has 1 aromatic carbocycles. The van der Waals surface area contributed by atoms with Gasteiger partial charge in [-0.05, 0) is 37.1 Å². The molecular weight excluding hydrogens is 376 g/mol. The smallest absolute Gasteiger partial charge is 0.248 e. The molecule has 1 fully saturated rings. The fourth-order valence-corrected chi connectivity index (χ4v) is 3.46. The van der Waals surface area contributed by atoms with Gasteiger partial charge in [0.1, 0.15) is 5.75 Å². The van der Waals surface area contributed by atoms with Crippen LogP contribution in [0, 0.1) is 11.3 Å². The molecule has 1 aliphatic carbocycles. The molecule has 29 heavy (non-hydrogen) atoms. The third-order valence-electron chi connectivity index (χ3n) is 4.93. The molecule has 1 atom stereocenters. The SMILES string of the molecule is COc1cccc(C#N)c1.O=c1cc(C2CCCC(F)(F)C2)[nH]c2ccncc12. The summed E-state index contributed by atoms with van der Waals surface area (Å²) in [6, 6.07) is 12.2. The molecular formula is C22H21F2N3O2. The van der Waals surface area contributed by atoms with Gasteiger partial charge in [0.15, 0.2) is 5.43 Å². The summed E-state index contributed by atoms with van der Waals surface area (Å²) in [5, 5.41) is 8.95. The zero-order valence-corrected chi connectivity index (χ0v) is 16.0. The highest BCUT2D eigenvalue weighted by atomic mass is 19.3. The molecule has 3 aromatic rings. The normalized spacial score (nSPS) is 17.7. The molecule has 0 bridgehead atoms. The van der Waals surface area contributed by atoms with Crippen molar-refractivity contribution in [2.24, 2.45) is 0 Å². The van der Waals surface area contributed by atoms with Crippen molar-refractivity contribution >= 4 is 10.9 Å². The van der Waals surface area contributed by atoms with Gasteiger partial charge in [-0.3, -0.25) is 9.78 Å². The van der Waals surface area contributed by atoms with E-state index in [9.17, 15) is 13.6 Å². The van der Waals surface area contributed by atoms with Crippen LogP contribution in [0.2, 0.25) is 0 Å². The Balaban J connectivity index is 0.000000204. The minimum Gasteiger partial charge on any atom is -0.497 e. The number of aromatic amines is 1. The van der Waals surface area contributed by atoms with E-state index in [4.69, 9.17) is 10.00 Å². The van der Waals surface area contributed by atoms with Gasteiger partial charge in [0.2, 0.25) is 5.92 Å². The minimum atomic E-state index is -2.62. The van der Waals surface area contributed by atoms with Crippen molar-refractivity contribution in [3.8, 4) is 11.8 Å². The van der Waals surface area contributed by atoms with Crippen LogP contribution in [0.5, 0.6) is 5.75 Å². The van der Waals surface area contributed by atoms with Gasteiger partial charge in [-0.1, -0.05) is 6.07 Å². The van der Waals surface area contributed by atoms with Gasteiger partial charge in [0, 0.05) is 42.9 Å². The Labute approximate surface area is 167 Å². The molecule has 2 aromatic heterocycles. The molecule has 1 aliphatic rings. The van der Waals surface area contributed by atoms with Crippen LogP contribution in [-0.4, -0.2) is 23.0 Å². The zero-order valence-electron chi connectivity index (χ0n) is 16.0. The highest BCUT2D eigenvalue weighted by Gasteiger charge is 2.37. The minimum absolute atomic E-state index is 0.0504. The first-order valence-corrected chi connectivity index (χ1v) is 9.31. The van der Waals surface area contributed by atoms with E-state index in [1.807, 2.05) is 6.07 Å². The summed E-state index contributed by atoms with van der Waals surface area (Å²) >= 11 is 0. The number of halogens is 2. The number of nitrogens with zero attached hydrogens (tertiary/aromatic N) is 2. The van der Waals surface area contributed by atoms with Gasteiger partial charge in [-0.2, -0.15) is 5.26 Å². The lowest BCUT2D eigenvalue weighted by molar-refractivity contribution is -0.0412. The molecule has 4 rings (SSSR count). The van der Waals surface area contributed by atoms with Crippen molar-refractivity contribution in [3.05, 3.63) is 70.3 Å². The fraction of sp³-hybridized carbons (Fsp3) is 0.318. The Morgan fingerprint density at radius 1 is 1.31 bits per heavy atom. The second kappa shape index (κ2) is 8.82. The molecule has 1 N–H and O–H groups in total. The van der Waals surface area contributed by atoms with E-state index in [1.165, 1.54) is 12.3 Å². The van der Waals surface area contributed by atoms with Gasteiger partial charge >= 0.3 is 0 Å². The molecule has 0 spiro atoms. The van der Waals surface area contributed by atoms with Crippen molar-refractivity contribution in [1.82, 2.24) is 9.97 Å². The summed E-state index contributed by atoms with van der Waals surface area (Å²) < 4.78 is 31.8. The first kappa shape index (κ1) is 20.5. The maximum atomic E-state index is 13.5. The summed E-state index contributed by atoms with van der Waals surface area (Å²) in [4.78, 5) is 19.0. The maximum absolute atomic E-state index is 13.5. The molecule has 150 valence electrons. The summed E-state index contributed by atoms with van der Waals surface area (Å²) in [6.45, 7) is 0. The van der Waals surface area contributed by atoms with Gasteiger partial charge in [0.05, 0.1) is 29.6 Å². The Morgan fingerprint density at radius 2 is 2.14 bits per heavy atom. The highest BCUT2D eigenvalue weighted by molar-refractivity contribution is 5.77. The van der Waals surface area contributed by atoms with E-state index >= 15 is 0 Å². The average molecular weight is 397 g/mol. The number of pyridine rings is 2. The van der Waals surface area contributed by atoms with Gasteiger partial charge in [-0.25, -0.2) is 8.78 Å². The molecule has 5 nitrogen and oxygen atoms in total. The Hall–Kier alpha value is -3.27. The molecule has 2 heterocycles. The Kier molecular flexibility index (Phi) is 6.23. The van der Waals surface area contributed by atoms with E-state index < -0.39 is 5.92 Å². The van der Waals surface area contributed by atoms with Crippen LogP contribution in [0.4, 0.5) is 8.78 Å². The average Bonchev–Trinajstić information content (AvgIpc) is 2.73. The van der Waals surface area contributed by atoms with Crippen molar-refractivity contribution < 1.29 is 13.5 Å². The fourth-order valence-electron chi connectivity index (χ4n) is 3.46. The lowest BCUT2D eigenvalue weighted by Crippen LogP contribution is -2.26. The third kappa shape index (κ3) is 5.17. The van der Waals surface area contributed by atoms with Crippen LogP contribution in [0.25, 0.3) is 10.9 Å². The van der Waals surface area contributed by atoms with Crippen molar-refractivity contribution in [2.45, 2.75) is 37.5 Å². The zero-order chi connectivity index (χ0) is 20.9. The number of nitriles is 1. The van der Waals surface area contributed by atoms with Crippen molar-refractivity contribution in [2.75, 3.05) is 7.11 Å². The Morgan fingerprint density at radius 3 is 2.86 bits per heavy atom. The number of nitrogens with one attached hydrogen (secondary N) is 1. The Bertz CT molecular complexity index is 1090. The second-order valence-corrected chi connectivity index (χ2v) is 7.00. The van der Waals surface area contributed by atoms with Gasteiger partial charge in [0.25, 0.3) is 0 Å². The topological polar surface area (TPSA) is 78.8 Å². The summed E-state index contributed by atoms with van der Waals surface area (Å²) in [5.41, 5.74) is 1.74. The number of aromatic nitrogens is 2. The molecule has 0 radical (unpaired) electrons. The van der Waals surface area contributed by atoms with E-state index in [1.54, 1.807) is 43.6 Å². The number of rotatable bonds is 2. The quantitative estimate of drug-likeness (QED) is 0.675.